The molecule has 1 aliphatic heterocycles. The number of hydrogen-bond acceptors (Lipinski definition) is 5. The van der Waals surface area contributed by atoms with Crippen LogP contribution in [-0.2, 0) is 17.8 Å². The van der Waals surface area contributed by atoms with E-state index in [9.17, 15) is 19.8 Å². The van der Waals surface area contributed by atoms with Crippen LogP contribution < -0.4 is 10.1 Å². The monoisotopic (exact) mass is 497 g/mol. The molecule has 8 heteroatoms. The second-order valence-electron chi connectivity index (χ2n) is 9.01. The highest BCUT2D eigenvalue weighted by atomic mass is 16.5. The first-order valence-corrected chi connectivity index (χ1v) is 12.1. The maximum Gasteiger partial charge on any atom is 0.332 e. The first kappa shape index (κ1) is 24.3. The molecule has 5 rings (SSSR count). The zero-order valence-corrected chi connectivity index (χ0v) is 20.1. The lowest BCUT2D eigenvalue weighted by molar-refractivity contribution is -0.147. The molecule has 2 atom stereocenters. The number of rotatable bonds is 8. The number of benzene rings is 3. The fourth-order valence-electron chi connectivity index (χ4n) is 4.52. The Labute approximate surface area is 214 Å². The Morgan fingerprint density at radius 3 is 2.43 bits per heavy atom. The summed E-state index contributed by atoms with van der Waals surface area (Å²) in [4.78, 5) is 24.7. The second kappa shape index (κ2) is 10.7. The minimum Gasteiger partial charge on any atom is -0.491 e. The Hall–Kier alpha value is -4.43. The molecule has 0 spiro atoms. The number of carbonyl (C=O) groups is 2. The summed E-state index contributed by atoms with van der Waals surface area (Å²) in [6, 6.07) is 26.5. The number of aliphatic hydroxyl groups is 1. The van der Waals surface area contributed by atoms with Gasteiger partial charge in [-0.25, -0.2) is 4.79 Å². The number of aliphatic carboxylic acids is 1. The molecule has 8 nitrogen and oxygen atoms in total. The number of ether oxygens (including phenoxy) is 1. The van der Waals surface area contributed by atoms with E-state index in [1.807, 2.05) is 78.9 Å². The predicted octanol–water partition coefficient (Wildman–Crippen LogP) is 3.79. The summed E-state index contributed by atoms with van der Waals surface area (Å²) < 4.78 is 7.43. The number of carbonyl (C=O) groups excluding carboxylic acids is 1. The van der Waals surface area contributed by atoms with Gasteiger partial charge in [-0.2, -0.15) is 5.10 Å². The van der Waals surface area contributed by atoms with Crippen molar-refractivity contribution in [2.24, 2.45) is 0 Å². The molecular formula is C29H27N3O5. The molecule has 0 radical (unpaired) electrons. The first-order valence-electron chi connectivity index (χ1n) is 12.1. The summed E-state index contributed by atoms with van der Waals surface area (Å²) >= 11 is 0. The molecule has 0 fully saturated rings. The number of para-hydroxylation sites is 1. The normalized spacial score (nSPS) is 13.9. The number of nitrogens with zero attached hydrogens (tertiary/aromatic N) is 2. The zero-order chi connectivity index (χ0) is 25.8. The Morgan fingerprint density at radius 2 is 1.68 bits per heavy atom. The number of fused-ring (bicyclic) bond motifs is 4. The Morgan fingerprint density at radius 1 is 0.973 bits per heavy atom. The molecule has 3 aromatic carbocycles. The molecule has 1 aliphatic rings. The molecule has 188 valence electrons. The highest BCUT2D eigenvalue weighted by Gasteiger charge is 2.25. The van der Waals surface area contributed by atoms with Crippen LogP contribution in [0.1, 0.15) is 22.5 Å². The fourth-order valence-corrected chi connectivity index (χ4v) is 4.52. The van der Waals surface area contributed by atoms with Crippen molar-refractivity contribution in [3.05, 3.63) is 96.2 Å². The summed E-state index contributed by atoms with van der Waals surface area (Å²) in [6.07, 6.45) is -1.37. The number of hydrogen-bond donors (Lipinski definition) is 3. The topological polar surface area (TPSA) is 114 Å². The molecule has 3 N–H and O–H groups in total. The number of carboxylic acid groups (broad SMARTS) is 1. The van der Waals surface area contributed by atoms with Gasteiger partial charge in [0, 0.05) is 18.0 Å². The van der Waals surface area contributed by atoms with Gasteiger partial charge in [0.1, 0.15) is 18.1 Å². The molecule has 1 amide bonds. The Balaban J connectivity index is 1.36. The molecular weight excluding hydrogens is 470 g/mol. The molecule has 4 aromatic rings. The van der Waals surface area contributed by atoms with Crippen LogP contribution in [0.2, 0.25) is 0 Å². The van der Waals surface area contributed by atoms with E-state index in [2.05, 4.69) is 10.4 Å². The molecule has 2 bridgehead atoms. The third kappa shape index (κ3) is 5.54. The van der Waals surface area contributed by atoms with Crippen molar-refractivity contribution in [1.29, 1.82) is 0 Å². The lowest BCUT2D eigenvalue weighted by Crippen LogP contribution is -2.41. The third-order valence-electron chi connectivity index (χ3n) is 6.41. The van der Waals surface area contributed by atoms with Crippen LogP contribution in [0.25, 0.3) is 22.4 Å². The van der Waals surface area contributed by atoms with E-state index < -0.39 is 18.1 Å². The van der Waals surface area contributed by atoms with E-state index in [1.165, 1.54) is 0 Å². The van der Waals surface area contributed by atoms with Crippen molar-refractivity contribution in [2.75, 3.05) is 6.61 Å². The summed E-state index contributed by atoms with van der Waals surface area (Å²) in [5.74, 6) is -1.01. The van der Waals surface area contributed by atoms with Gasteiger partial charge in [-0.1, -0.05) is 66.7 Å². The standard InChI is InChI=1S/C29H27N3O5/c33-26(29(35)36)17-22(16-19-10-12-21(13-11-19)20-6-2-1-3-7-20)30-28(34)25-18-24-23-8-4-5-9-27(23)37-15-14-32(25)31-24/h1-13,18,22,26,33H,14-17H2,(H,30,34)(H,35,36)/t22-,26-/m1/s1. The number of aromatic nitrogens is 2. The number of nitrogens with one attached hydrogen (secondary N) is 1. The smallest absolute Gasteiger partial charge is 0.332 e. The van der Waals surface area contributed by atoms with Gasteiger partial charge in [-0.05, 0) is 41.3 Å². The Bertz CT molecular complexity index is 1400. The number of carboxylic acids is 1. The van der Waals surface area contributed by atoms with Gasteiger partial charge in [-0.3, -0.25) is 9.48 Å². The van der Waals surface area contributed by atoms with E-state index in [0.29, 0.717) is 36.7 Å². The van der Waals surface area contributed by atoms with Gasteiger partial charge in [-0.15, -0.1) is 0 Å². The molecule has 2 heterocycles. The van der Waals surface area contributed by atoms with Crippen molar-refractivity contribution < 1.29 is 24.5 Å². The molecule has 0 aliphatic carbocycles. The van der Waals surface area contributed by atoms with Gasteiger partial charge >= 0.3 is 5.97 Å². The van der Waals surface area contributed by atoms with E-state index in [4.69, 9.17) is 4.74 Å². The highest BCUT2D eigenvalue weighted by Crippen LogP contribution is 2.31. The summed E-state index contributed by atoms with van der Waals surface area (Å²) in [5.41, 5.74) is 4.83. The average Bonchev–Trinajstić information content (AvgIpc) is 3.35. The van der Waals surface area contributed by atoms with Crippen molar-refractivity contribution in [3.8, 4) is 28.1 Å². The molecule has 1 aromatic heterocycles. The minimum atomic E-state index is -1.60. The average molecular weight is 498 g/mol. The maximum absolute atomic E-state index is 13.4. The van der Waals surface area contributed by atoms with Gasteiger partial charge in [0.15, 0.2) is 6.10 Å². The van der Waals surface area contributed by atoms with Crippen LogP contribution in [-0.4, -0.2) is 50.6 Å². The van der Waals surface area contributed by atoms with E-state index in [0.717, 1.165) is 22.3 Å². The van der Waals surface area contributed by atoms with Crippen LogP contribution in [0.5, 0.6) is 5.75 Å². The minimum absolute atomic E-state index is 0.131. The Kier molecular flexibility index (Phi) is 7.00. The van der Waals surface area contributed by atoms with E-state index in [-0.39, 0.29) is 12.3 Å². The lowest BCUT2D eigenvalue weighted by atomic mass is 9.97. The zero-order valence-electron chi connectivity index (χ0n) is 20.1. The fraction of sp³-hybridized carbons (Fsp3) is 0.207. The second-order valence-corrected chi connectivity index (χ2v) is 9.01. The quantitative estimate of drug-likeness (QED) is 0.341. The molecule has 0 saturated carbocycles. The van der Waals surface area contributed by atoms with Crippen LogP contribution in [0.4, 0.5) is 0 Å². The van der Waals surface area contributed by atoms with Crippen molar-refractivity contribution in [2.45, 2.75) is 31.5 Å². The SMILES string of the molecule is O=C(N[C@H](Cc1ccc(-c2ccccc2)cc1)C[C@@H](O)C(=O)O)c1cc2nn1CCOc1ccccc1-2. The van der Waals surface area contributed by atoms with E-state index >= 15 is 0 Å². The van der Waals surface area contributed by atoms with Crippen LogP contribution in [0, 0.1) is 0 Å². The third-order valence-corrected chi connectivity index (χ3v) is 6.41. The number of aliphatic hydroxyl groups excluding tert-OH is 1. The van der Waals surface area contributed by atoms with Crippen molar-refractivity contribution in [1.82, 2.24) is 15.1 Å². The maximum atomic E-state index is 13.4. The number of amides is 1. The summed E-state index contributed by atoms with van der Waals surface area (Å²) in [7, 11) is 0. The first-order chi connectivity index (χ1) is 18.0. The molecule has 37 heavy (non-hydrogen) atoms. The van der Waals surface area contributed by atoms with Crippen LogP contribution in [0.3, 0.4) is 0 Å². The predicted molar refractivity (Wildman–Crippen MR) is 138 cm³/mol. The molecule has 0 unspecified atom stereocenters. The summed E-state index contributed by atoms with van der Waals surface area (Å²) in [6.45, 7) is 0.744. The van der Waals surface area contributed by atoms with Gasteiger partial charge < -0.3 is 20.3 Å². The van der Waals surface area contributed by atoms with Gasteiger partial charge in [0.05, 0.1) is 12.2 Å². The van der Waals surface area contributed by atoms with Gasteiger partial charge in [0.25, 0.3) is 5.91 Å². The van der Waals surface area contributed by atoms with Crippen molar-refractivity contribution in [3.63, 3.8) is 0 Å². The van der Waals surface area contributed by atoms with Crippen LogP contribution >= 0.6 is 0 Å². The van der Waals surface area contributed by atoms with Gasteiger partial charge in [0.2, 0.25) is 0 Å². The van der Waals surface area contributed by atoms with Crippen molar-refractivity contribution >= 4 is 11.9 Å². The lowest BCUT2D eigenvalue weighted by Gasteiger charge is -2.21. The largest absolute Gasteiger partial charge is 0.491 e. The molecule has 0 saturated heterocycles. The summed E-state index contributed by atoms with van der Waals surface area (Å²) in [5, 5.41) is 26.8. The van der Waals surface area contributed by atoms with Crippen LogP contribution in [0.15, 0.2) is 84.9 Å². The van der Waals surface area contributed by atoms with E-state index in [1.54, 1.807) is 10.7 Å². The highest BCUT2D eigenvalue weighted by molar-refractivity contribution is 5.94.